The Morgan fingerprint density at radius 2 is 2.19 bits per heavy atom. The van der Waals surface area contributed by atoms with Crippen molar-refractivity contribution in [3.8, 4) is 0 Å². The van der Waals surface area contributed by atoms with Crippen molar-refractivity contribution in [3.05, 3.63) is 24.7 Å². The van der Waals surface area contributed by atoms with Gasteiger partial charge in [0.1, 0.15) is 9.84 Å². The standard InChI is InChI=1S/C10H13N3O2S/c1-16(14,15)7-3-6-13-8-12-10-9(13)4-2-5-11-10/h2,4-5,8H,3,6-7H2,1H3. The van der Waals surface area contributed by atoms with Crippen LogP contribution in [0.3, 0.4) is 0 Å². The summed E-state index contributed by atoms with van der Waals surface area (Å²) in [6.07, 6.45) is 5.23. The molecule has 86 valence electrons. The molecule has 0 spiro atoms. The molecule has 0 saturated carbocycles. The molecule has 0 unspecified atom stereocenters. The maximum Gasteiger partial charge on any atom is 0.177 e. The Kier molecular flexibility index (Phi) is 2.91. The molecule has 0 fully saturated rings. The van der Waals surface area contributed by atoms with Gasteiger partial charge in [0.25, 0.3) is 0 Å². The molecule has 0 aromatic carbocycles. The van der Waals surface area contributed by atoms with E-state index in [9.17, 15) is 8.42 Å². The normalized spacial score (nSPS) is 12.1. The van der Waals surface area contributed by atoms with Crippen molar-refractivity contribution in [2.45, 2.75) is 13.0 Å². The van der Waals surface area contributed by atoms with Crippen LogP contribution >= 0.6 is 0 Å². The van der Waals surface area contributed by atoms with Gasteiger partial charge in [0.05, 0.1) is 17.6 Å². The van der Waals surface area contributed by atoms with E-state index in [1.165, 1.54) is 6.26 Å². The Labute approximate surface area is 94.1 Å². The van der Waals surface area contributed by atoms with E-state index < -0.39 is 9.84 Å². The summed E-state index contributed by atoms with van der Waals surface area (Å²) in [6.45, 7) is 0.648. The molecular formula is C10H13N3O2S. The molecule has 2 aromatic rings. The number of nitrogens with zero attached hydrogens (tertiary/aromatic N) is 3. The number of fused-ring (bicyclic) bond motifs is 1. The highest BCUT2D eigenvalue weighted by molar-refractivity contribution is 7.90. The Hall–Kier alpha value is -1.43. The van der Waals surface area contributed by atoms with Crippen molar-refractivity contribution in [1.82, 2.24) is 14.5 Å². The molecule has 2 heterocycles. The first-order chi connectivity index (χ1) is 7.56. The number of aryl methyl sites for hydroxylation is 1. The lowest BCUT2D eigenvalue weighted by molar-refractivity contribution is 0.593. The summed E-state index contributed by atoms with van der Waals surface area (Å²) in [5, 5.41) is 0. The van der Waals surface area contributed by atoms with Gasteiger partial charge in [0.15, 0.2) is 5.65 Å². The van der Waals surface area contributed by atoms with Gasteiger partial charge in [0, 0.05) is 19.0 Å². The second kappa shape index (κ2) is 4.21. The maximum absolute atomic E-state index is 11.0. The van der Waals surface area contributed by atoms with E-state index in [1.807, 2.05) is 16.7 Å². The zero-order chi connectivity index (χ0) is 11.6. The Bertz CT molecular complexity index is 589. The number of sulfone groups is 1. The fourth-order valence-electron chi connectivity index (χ4n) is 1.57. The zero-order valence-electron chi connectivity index (χ0n) is 9.00. The summed E-state index contributed by atoms with van der Waals surface area (Å²) in [7, 11) is -2.88. The van der Waals surface area contributed by atoms with E-state index in [0.717, 1.165) is 5.52 Å². The highest BCUT2D eigenvalue weighted by Crippen LogP contribution is 2.09. The summed E-state index contributed by atoms with van der Waals surface area (Å²) < 4.78 is 23.9. The van der Waals surface area contributed by atoms with Crippen molar-refractivity contribution in [1.29, 1.82) is 0 Å². The number of imidazole rings is 1. The van der Waals surface area contributed by atoms with Crippen LogP contribution in [0.1, 0.15) is 6.42 Å². The van der Waals surface area contributed by atoms with E-state index >= 15 is 0 Å². The SMILES string of the molecule is CS(=O)(=O)CCCn1cnc2ncccc21. The van der Waals surface area contributed by atoms with Gasteiger partial charge in [-0.1, -0.05) is 0 Å². The summed E-state index contributed by atoms with van der Waals surface area (Å²) in [4.78, 5) is 8.24. The van der Waals surface area contributed by atoms with Crippen molar-refractivity contribution >= 4 is 21.0 Å². The lowest BCUT2D eigenvalue weighted by Crippen LogP contribution is -2.06. The molecule has 0 aliphatic heterocycles. The van der Waals surface area contributed by atoms with Crippen molar-refractivity contribution in [3.63, 3.8) is 0 Å². The molecule has 2 rings (SSSR count). The van der Waals surface area contributed by atoms with Gasteiger partial charge < -0.3 is 4.57 Å². The molecule has 0 saturated heterocycles. The molecule has 0 N–H and O–H groups in total. The third-order valence-corrected chi connectivity index (χ3v) is 3.34. The Morgan fingerprint density at radius 1 is 1.38 bits per heavy atom. The third kappa shape index (κ3) is 2.57. The molecule has 5 nitrogen and oxygen atoms in total. The first-order valence-corrected chi connectivity index (χ1v) is 7.06. The van der Waals surface area contributed by atoms with Gasteiger partial charge in [-0.3, -0.25) is 0 Å². The molecule has 0 radical (unpaired) electrons. The number of hydrogen-bond donors (Lipinski definition) is 0. The minimum Gasteiger partial charge on any atom is -0.329 e. The maximum atomic E-state index is 11.0. The largest absolute Gasteiger partial charge is 0.329 e. The van der Waals surface area contributed by atoms with Gasteiger partial charge in [-0.15, -0.1) is 0 Å². The number of rotatable bonds is 4. The predicted octanol–water partition coefficient (Wildman–Crippen LogP) is 0.866. The molecular weight excluding hydrogens is 226 g/mol. The van der Waals surface area contributed by atoms with Crippen molar-refractivity contribution < 1.29 is 8.42 Å². The molecule has 0 amide bonds. The predicted molar refractivity (Wildman–Crippen MR) is 61.9 cm³/mol. The van der Waals surface area contributed by atoms with E-state index in [4.69, 9.17) is 0 Å². The second-order valence-electron chi connectivity index (χ2n) is 3.77. The van der Waals surface area contributed by atoms with Crippen LogP contribution in [0.4, 0.5) is 0 Å². The zero-order valence-corrected chi connectivity index (χ0v) is 9.81. The number of hydrogen-bond acceptors (Lipinski definition) is 4. The number of aromatic nitrogens is 3. The van der Waals surface area contributed by atoms with Crippen LogP contribution < -0.4 is 0 Å². The van der Waals surface area contributed by atoms with Crippen LogP contribution in [-0.2, 0) is 16.4 Å². The number of pyridine rings is 1. The van der Waals surface area contributed by atoms with Crippen LogP contribution in [0, 0.1) is 0 Å². The lowest BCUT2D eigenvalue weighted by atomic mass is 10.4. The van der Waals surface area contributed by atoms with E-state index in [2.05, 4.69) is 9.97 Å². The summed E-state index contributed by atoms with van der Waals surface area (Å²) in [5.74, 6) is 0.201. The average molecular weight is 239 g/mol. The minimum absolute atomic E-state index is 0.201. The summed E-state index contributed by atoms with van der Waals surface area (Å²) in [5.41, 5.74) is 1.64. The van der Waals surface area contributed by atoms with Crippen LogP contribution in [0.5, 0.6) is 0 Å². The fourth-order valence-corrected chi connectivity index (χ4v) is 2.23. The quantitative estimate of drug-likeness (QED) is 0.794. The monoisotopic (exact) mass is 239 g/mol. The Morgan fingerprint density at radius 3 is 2.94 bits per heavy atom. The third-order valence-electron chi connectivity index (χ3n) is 2.31. The van der Waals surface area contributed by atoms with Crippen LogP contribution in [-0.4, -0.2) is 35.0 Å². The van der Waals surface area contributed by atoms with Crippen LogP contribution in [0.15, 0.2) is 24.7 Å². The van der Waals surface area contributed by atoms with Gasteiger partial charge >= 0.3 is 0 Å². The van der Waals surface area contributed by atoms with Gasteiger partial charge in [0.2, 0.25) is 0 Å². The van der Waals surface area contributed by atoms with E-state index in [1.54, 1.807) is 12.5 Å². The molecule has 0 aliphatic rings. The minimum atomic E-state index is -2.88. The van der Waals surface area contributed by atoms with Gasteiger partial charge in [-0.05, 0) is 18.6 Å². The van der Waals surface area contributed by atoms with Crippen molar-refractivity contribution in [2.24, 2.45) is 0 Å². The van der Waals surface area contributed by atoms with Crippen LogP contribution in [0.2, 0.25) is 0 Å². The van der Waals surface area contributed by atoms with E-state index in [0.29, 0.717) is 18.6 Å². The molecule has 16 heavy (non-hydrogen) atoms. The molecule has 6 heteroatoms. The molecule has 0 atom stereocenters. The highest BCUT2D eigenvalue weighted by Gasteiger charge is 2.05. The van der Waals surface area contributed by atoms with Gasteiger partial charge in [-0.25, -0.2) is 18.4 Å². The van der Waals surface area contributed by atoms with Crippen LogP contribution in [0.25, 0.3) is 11.2 Å². The van der Waals surface area contributed by atoms with Crippen molar-refractivity contribution in [2.75, 3.05) is 12.0 Å². The molecule has 0 aliphatic carbocycles. The first-order valence-electron chi connectivity index (χ1n) is 5.00. The lowest BCUT2D eigenvalue weighted by Gasteiger charge is -2.02. The summed E-state index contributed by atoms with van der Waals surface area (Å²) >= 11 is 0. The first kappa shape index (κ1) is 11.1. The summed E-state index contributed by atoms with van der Waals surface area (Å²) in [6, 6.07) is 3.77. The molecule has 0 bridgehead atoms. The second-order valence-corrected chi connectivity index (χ2v) is 6.03. The topological polar surface area (TPSA) is 64.8 Å². The van der Waals surface area contributed by atoms with E-state index in [-0.39, 0.29) is 5.75 Å². The van der Waals surface area contributed by atoms with Gasteiger partial charge in [-0.2, -0.15) is 0 Å². The molecule has 2 aromatic heterocycles. The average Bonchev–Trinajstić information content (AvgIpc) is 2.60. The Balaban J connectivity index is 2.10. The fraction of sp³-hybridized carbons (Fsp3) is 0.400. The highest BCUT2D eigenvalue weighted by atomic mass is 32.2. The smallest absolute Gasteiger partial charge is 0.177 e.